The van der Waals surface area contributed by atoms with Crippen LogP contribution in [0, 0.1) is 0 Å². The number of rotatable bonds is 7. The molecule has 2 amide bonds. The molecule has 0 radical (unpaired) electrons. The Bertz CT molecular complexity index is 1220. The van der Waals surface area contributed by atoms with E-state index < -0.39 is 12.0 Å². The number of fused-ring (bicyclic) bond motifs is 1. The molecule has 2 heterocycles. The van der Waals surface area contributed by atoms with Crippen LogP contribution in [0.25, 0.3) is 0 Å². The summed E-state index contributed by atoms with van der Waals surface area (Å²) in [5.74, 6) is -0.541. The number of likely N-dealkylation sites (tertiary alicyclic amines) is 1. The number of carbonyl (C=O) groups is 2. The van der Waals surface area contributed by atoms with E-state index in [0.717, 1.165) is 50.0 Å². The fraction of sp³-hybridized carbons (Fsp3) is 0.355. The van der Waals surface area contributed by atoms with Gasteiger partial charge in [0.15, 0.2) is 0 Å². The number of hydrogen-bond donors (Lipinski definition) is 1. The van der Waals surface area contributed by atoms with Crippen molar-refractivity contribution in [3.05, 3.63) is 106 Å². The van der Waals surface area contributed by atoms with Crippen molar-refractivity contribution in [2.24, 2.45) is 0 Å². The van der Waals surface area contributed by atoms with Crippen LogP contribution in [-0.4, -0.2) is 53.8 Å². The zero-order valence-corrected chi connectivity index (χ0v) is 22.0. The molecule has 3 aromatic rings. The Morgan fingerprint density at radius 1 is 0.946 bits per heavy atom. The normalized spacial score (nSPS) is 20.5. The summed E-state index contributed by atoms with van der Waals surface area (Å²) in [6.45, 7) is 5.63. The molecule has 3 aromatic carbocycles. The minimum atomic E-state index is -0.505. The van der Waals surface area contributed by atoms with Gasteiger partial charge in [0.25, 0.3) is 5.91 Å². The maximum Gasteiger partial charge on any atom is 0.254 e. The minimum absolute atomic E-state index is 0.0128. The highest BCUT2D eigenvalue weighted by Gasteiger charge is 2.46. The lowest BCUT2D eigenvalue weighted by Gasteiger charge is -2.47. The molecule has 6 heteroatoms. The predicted octanol–water partition coefficient (Wildman–Crippen LogP) is 5.46. The summed E-state index contributed by atoms with van der Waals surface area (Å²) in [6, 6.07) is 25.1. The average Bonchev–Trinajstić information content (AvgIpc) is 2.94. The molecule has 0 aliphatic carbocycles. The number of hydrogen-bond acceptors (Lipinski definition) is 3. The first-order valence-corrected chi connectivity index (χ1v) is 13.7. The molecule has 0 unspecified atom stereocenters. The number of halogens is 1. The van der Waals surface area contributed by atoms with E-state index in [1.54, 1.807) is 0 Å². The van der Waals surface area contributed by atoms with Crippen LogP contribution in [0.15, 0.2) is 78.9 Å². The molecule has 37 heavy (non-hydrogen) atoms. The van der Waals surface area contributed by atoms with E-state index in [4.69, 9.17) is 11.6 Å². The van der Waals surface area contributed by atoms with Gasteiger partial charge in [0.2, 0.25) is 5.91 Å². The number of nitrogens with one attached hydrogen (secondary N) is 1. The van der Waals surface area contributed by atoms with Crippen LogP contribution in [0.5, 0.6) is 0 Å². The van der Waals surface area contributed by atoms with E-state index in [0.29, 0.717) is 17.1 Å². The third-order valence-electron chi connectivity index (χ3n) is 7.82. The van der Waals surface area contributed by atoms with Crippen molar-refractivity contribution in [3.63, 3.8) is 0 Å². The summed E-state index contributed by atoms with van der Waals surface area (Å²) in [5, 5.41) is 3.83. The average molecular weight is 516 g/mol. The zero-order valence-electron chi connectivity index (χ0n) is 21.3. The molecule has 192 valence electrons. The minimum Gasteiger partial charge on any atom is -0.355 e. The van der Waals surface area contributed by atoms with E-state index >= 15 is 0 Å². The molecule has 0 spiro atoms. The first kappa shape index (κ1) is 25.5. The molecule has 1 N–H and O–H groups in total. The molecule has 5 rings (SSSR count). The molecule has 1 saturated heterocycles. The van der Waals surface area contributed by atoms with E-state index in [-0.39, 0.29) is 17.9 Å². The largest absolute Gasteiger partial charge is 0.355 e. The van der Waals surface area contributed by atoms with Gasteiger partial charge in [0, 0.05) is 36.3 Å². The Hall–Kier alpha value is -3.15. The third kappa shape index (κ3) is 5.43. The van der Waals surface area contributed by atoms with Crippen molar-refractivity contribution in [1.29, 1.82) is 0 Å². The number of nitrogens with zero attached hydrogens (tertiary/aromatic N) is 2. The molecule has 0 bridgehead atoms. The fourth-order valence-electron chi connectivity index (χ4n) is 5.85. The van der Waals surface area contributed by atoms with Crippen LogP contribution in [0.3, 0.4) is 0 Å². The fourth-order valence-corrected chi connectivity index (χ4v) is 5.97. The Labute approximate surface area is 224 Å². The molecular weight excluding hydrogens is 482 g/mol. The van der Waals surface area contributed by atoms with Crippen molar-refractivity contribution < 1.29 is 9.59 Å². The number of benzene rings is 3. The van der Waals surface area contributed by atoms with Crippen molar-refractivity contribution in [2.45, 2.75) is 44.2 Å². The maximum atomic E-state index is 14.0. The summed E-state index contributed by atoms with van der Waals surface area (Å²) >= 11 is 6.24. The second-order valence-electron chi connectivity index (χ2n) is 9.97. The molecular formula is C31H34ClN3O2. The molecule has 1 fully saturated rings. The number of piperidine rings is 1. The van der Waals surface area contributed by atoms with E-state index in [1.807, 2.05) is 71.6 Å². The summed E-state index contributed by atoms with van der Waals surface area (Å²) in [7, 11) is 0. The van der Waals surface area contributed by atoms with Crippen LogP contribution >= 0.6 is 11.6 Å². The van der Waals surface area contributed by atoms with Crippen molar-refractivity contribution in [2.75, 3.05) is 26.2 Å². The van der Waals surface area contributed by atoms with Crippen LogP contribution in [0.2, 0.25) is 5.02 Å². The van der Waals surface area contributed by atoms with Gasteiger partial charge in [-0.05, 0) is 60.7 Å². The summed E-state index contributed by atoms with van der Waals surface area (Å²) in [5.41, 5.74) is 3.55. The first-order chi connectivity index (χ1) is 18.1. The maximum absolute atomic E-state index is 14.0. The predicted molar refractivity (Wildman–Crippen MR) is 148 cm³/mol. The lowest BCUT2D eigenvalue weighted by molar-refractivity contribution is -0.124. The van der Waals surface area contributed by atoms with Gasteiger partial charge in [-0.15, -0.1) is 0 Å². The molecule has 2 aliphatic rings. The zero-order chi connectivity index (χ0) is 25.8. The third-order valence-corrected chi connectivity index (χ3v) is 8.08. The van der Waals surface area contributed by atoms with Gasteiger partial charge >= 0.3 is 0 Å². The monoisotopic (exact) mass is 515 g/mol. The van der Waals surface area contributed by atoms with Crippen LogP contribution in [-0.2, 0) is 11.2 Å². The van der Waals surface area contributed by atoms with E-state index in [1.165, 1.54) is 5.56 Å². The van der Waals surface area contributed by atoms with Crippen molar-refractivity contribution >= 4 is 23.4 Å². The Kier molecular flexibility index (Phi) is 7.92. The Morgan fingerprint density at radius 3 is 2.32 bits per heavy atom. The lowest BCUT2D eigenvalue weighted by atomic mass is 9.77. The van der Waals surface area contributed by atoms with Crippen LogP contribution < -0.4 is 5.32 Å². The number of amides is 2. The summed E-state index contributed by atoms with van der Waals surface area (Å²) in [6.07, 6.45) is 2.55. The topological polar surface area (TPSA) is 52.7 Å². The van der Waals surface area contributed by atoms with Gasteiger partial charge in [-0.2, -0.15) is 0 Å². The van der Waals surface area contributed by atoms with Gasteiger partial charge in [-0.1, -0.05) is 79.2 Å². The molecule has 0 saturated carbocycles. The van der Waals surface area contributed by atoms with E-state index in [2.05, 4.69) is 29.3 Å². The van der Waals surface area contributed by atoms with Gasteiger partial charge in [-0.25, -0.2) is 0 Å². The van der Waals surface area contributed by atoms with Gasteiger partial charge in [0.1, 0.15) is 0 Å². The first-order valence-electron chi connectivity index (χ1n) is 13.3. The van der Waals surface area contributed by atoms with Crippen LogP contribution in [0.4, 0.5) is 0 Å². The van der Waals surface area contributed by atoms with E-state index in [9.17, 15) is 9.59 Å². The highest BCUT2D eigenvalue weighted by Crippen LogP contribution is 2.45. The smallest absolute Gasteiger partial charge is 0.254 e. The quantitative estimate of drug-likeness (QED) is 0.454. The standard InChI is InChI=1S/C31H34ClN3O2/c1-2-34-20-17-25(18-21-34)35-29(23-12-14-24(32)15-13-23)28(26-10-6-7-11-27(26)31(35)37)30(36)33-19-16-22-8-4-3-5-9-22/h3-15,25,28-29H,2,16-21H2,1H3,(H,33,36)/t28-,29+/m1/s1. The highest BCUT2D eigenvalue weighted by molar-refractivity contribution is 6.30. The highest BCUT2D eigenvalue weighted by atomic mass is 35.5. The van der Waals surface area contributed by atoms with Crippen LogP contribution in [0.1, 0.15) is 58.8 Å². The van der Waals surface area contributed by atoms with Crippen molar-refractivity contribution in [3.8, 4) is 0 Å². The molecule has 2 atom stereocenters. The molecule has 2 aliphatic heterocycles. The second-order valence-corrected chi connectivity index (χ2v) is 10.4. The second kappa shape index (κ2) is 11.5. The summed E-state index contributed by atoms with van der Waals surface area (Å²) in [4.78, 5) is 32.4. The summed E-state index contributed by atoms with van der Waals surface area (Å²) < 4.78 is 0. The Morgan fingerprint density at radius 2 is 1.62 bits per heavy atom. The molecule has 0 aromatic heterocycles. The lowest BCUT2D eigenvalue weighted by Crippen LogP contribution is -2.54. The van der Waals surface area contributed by atoms with Gasteiger partial charge in [0.05, 0.1) is 12.0 Å². The van der Waals surface area contributed by atoms with Gasteiger partial charge in [-0.3, -0.25) is 9.59 Å². The number of carbonyl (C=O) groups excluding carboxylic acids is 2. The van der Waals surface area contributed by atoms with Crippen molar-refractivity contribution in [1.82, 2.24) is 15.1 Å². The Balaban J connectivity index is 1.51. The molecule has 5 nitrogen and oxygen atoms in total. The van der Waals surface area contributed by atoms with Gasteiger partial charge < -0.3 is 15.1 Å². The SMILES string of the molecule is CCN1CCC(N2C(=O)c3ccccc3[C@@H](C(=O)NCCc3ccccc3)[C@@H]2c2ccc(Cl)cc2)CC1.